The Bertz CT molecular complexity index is 607. The molecule has 2 heteroatoms. The van der Waals surface area contributed by atoms with Gasteiger partial charge in [0.25, 0.3) is 0 Å². The second-order valence-electron chi connectivity index (χ2n) is 6.74. The number of hydrogen-bond acceptors (Lipinski definition) is 0. The molecule has 2 fully saturated rings. The first-order chi connectivity index (χ1) is 11.4. The third-order valence-electron chi connectivity index (χ3n) is 5.24. The second kappa shape index (κ2) is 6.57. The normalized spacial score (nSPS) is 24.2. The lowest BCUT2D eigenvalue weighted by molar-refractivity contribution is -0.506. The summed E-state index contributed by atoms with van der Waals surface area (Å²) in [5.74, 6) is 0. The average Bonchev–Trinajstić information content (AvgIpc) is 3.27. The molecule has 2 nitrogen and oxygen atoms in total. The third-order valence-corrected chi connectivity index (χ3v) is 5.24. The minimum atomic E-state index is 0.502. The van der Waals surface area contributed by atoms with E-state index in [0.29, 0.717) is 12.1 Å². The first-order valence-electron chi connectivity index (χ1n) is 8.88. The Kier molecular flexibility index (Phi) is 4.14. The maximum absolute atomic E-state index is 2.62. The fraction of sp³-hybridized carbons (Fsp3) is 0.381. The van der Waals surface area contributed by atoms with Gasteiger partial charge in [-0.2, -0.15) is 0 Å². The van der Waals surface area contributed by atoms with Crippen molar-refractivity contribution in [3.05, 3.63) is 71.8 Å². The molecule has 0 radical (unpaired) electrons. The summed E-state index contributed by atoms with van der Waals surface area (Å²) in [6.07, 6.45) is 7.55. The smallest absolute Gasteiger partial charge is 0.235 e. The molecular formula is C21H25N2+. The maximum Gasteiger partial charge on any atom is 0.235 e. The Morgan fingerprint density at radius 3 is 1.70 bits per heavy atom. The van der Waals surface area contributed by atoms with Crippen LogP contribution in [-0.2, 0) is 0 Å². The highest BCUT2D eigenvalue weighted by molar-refractivity contribution is 5.53. The predicted octanol–water partition coefficient (Wildman–Crippen LogP) is 4.40. The summed E-state index contributed by atoms with van der Waals surface area (Å²) in [5, 5.41) is 0. The summed E-state index contributed by atoms with van der Waals surface area (Å²) in [7, 11) is 0. The summed E-state index contributed by atoms with van der Waals surface area (Å²) in [6, 6.07) is 23.0. The van der Waals surface area contributed by atoms with Crippen LogP contribution in [0.2, 0.25) is 0 Å². The molecule has 0 saturated carbocycles. The van der Waals surface area contributed by atoms with Crippen LogP contribution < -0.4 is 0 Å². The van der Waals surface area contributed by atoms with Crippen LogP contribution in [0.3, 0.4) is 0 Å². The third kappa shape index (κ3) is 3.03. The van der Waals surface area contributed by atoms with E-state index in [1.807, 2.05) is 0 Å². The van der Waals surface area contributed by atoms with Gasteiger partial charge in [0.05, 0.1) is 13.1 Å². The second-order valence-corrected chi connectivity index (χ2v) is 6.74. The molecule has 2 unspecified atom stereocenters. The van der Waals surface area contributed by atoms with Gasteiger partial charge in [-0.25, -0.2) is 0 Å². The highest BCUT2D eigenvalue weighted by atomic mass is 15.3. The molecule has 4 rings (SSSR count). The summed E-state index contributed by atoms with van der Waals surface area (Å²) >= 11 is 0. The van der Waals surface area contributed by atoms with Crippen molar-refractivity contribution in [2.24, 2.45) is 0 Å². The molecule has 2 atom stereocenters. The van der Waals surface area contributed by atoms with Crippen molar-refractivity contribution in [3.8, 4) is 0 Å². The SMILES string of the molecule is C(N1C(c2ccccc2)CCC1c1ccccc1)=[N+]1CCCC1. The summed E-state index contributed by atoms with van der Waals surface area (Å²) in [6.45, 7) is 2.42. The fourth-order valence-corrected chi connectivity index (χ4v) is 4.07. The van der Waals surface area contributed by atoms with Crippen molar-refractivity contribution in [3.63, 3.8) is 0 Å². The molecule has 118 valence electrons. The topological polar surface area (TPSA) is 6.25 Å². The lowest BCUT2D eigenvalue weighted by Crippen LogP contribution is -2.29. The van der Waals surface area contributed by atoms with Gasteiger partial charge in [0.15, 0.2) is 0 Å². The van der Waals surface area contributed by atoms with Gasteiger partial charge in [-0.1, -0.05) is 60.7 Å². The van der Waals surface area contributed by atoms with Crippen molar-refractivity contribution < 1.29 is 4.58 Å². The number of likely N-dealkylation sites (tertiary alicyclic amines) is 1. The van der Waals surface area contributed by atoms with E-state index in [1.54, 1.807) is 0 Å². The van der Waals surface area contributed by atoms with Crippen LogP contribution in [0.4, 0.5) is 0 Å². The molecule has 0 aliphatic carbocycles. The van der Waals surface area contributed by atoms with E-state index >= 15 is 0 Å². The molecule has 0 aromatic heterocycles. The van der Waals surface area contributed by atoms with Crippen LogP contribution in [0.1, 0.15) is 48.9 Å². The van der Waals surface area contributed by atoms with Crippen LogP contribution >= 0.6 is 0 Å². The van der Waals surface area contributed by atoms with Crippen LogP contribution in [0.25, 0.3) is 0 Å². The summed E-state index contributed by atoms with van der Waals surface area (Å²) in [5.41, 5.74) is 2.89. The minimum absolute atomic E-state index is 0.502. The highest BCUT2D eigenvalue weighted by Gasteiger charge is 2.39. The molecule has 0 amide bonds. The largest absolute Gasteiger partial charge is 0.268 e. The molecule has 2 aromatic carbocycles. The number of benzene rings is 2. The van der Waals surface area contributed by atoms with E-state index in [2.05, 4.69) is 76.5 Å². The number of rotatable bonds is 3. The van der Waals surface area contributed by atoms with Crippen LogP contribution in [0, 0.1) is 0 Å². The zero-order valence-electron chi connectivity index (χ0n) is 13.6. The molecule has 0 N–H and O–H groups in total. The lowest BCUT2D eigenvalue weighted by atomic mass is 10.0. The first kappa shape index (κ1) is 14.5. The van der Waals surface area contributed by atoms with Gasteiger partial charge in [0.1, 0.15) is 12.1 Å². The molecule has 2 saturated heterocycles. The van der Waals surface area contributed by atoms with E-state index < -0.39 is 0 Å². The Morgan fingerprint density at radius 2 is 1.22 bits per heavy atom. The van der Waals surface area contributed by atoms with Crippen molar-refractivity contribution in [1.29, 1.82) is 0 Å². The first-order valence-corrected chi connectivity index (χ1v) is 8.88. The van der Waals surface area contributed by atoms with Gasteiger partial charge in [0, 0.05) is 0 Å². The van der Waals surface area contributed by atoms with Crippen molar-refractivity contribution in [2.75, 3.05) is 13.1 Å². The molecule has 2 heterocycles. The Hall–Kier alpha value is -2.09. The van der Waals surface area contributed by atoms with Crippen molar-refractivity contribution in [2.45, 2.75) is 37.8 Å². The monoisotopic (exact) mass is 305 g/mol. The standard InChI is InChI=1S/C21H25N2/c1-3-9-18(10-4-1)20-13-14-21(19-11-5-2-6-12-19)23(20)17-22-15-7-8-16-22/h1-6,9-12,17,20-21H,7-8,13-16H2/q+1. The van der Waals surface area contributed by atoms with Gasteiger partial charge < -0.3 is 0 Å². The number of hydrogen-bond donors (Lipinski definition) is 0. The molecular weight excluding hydrogens is 280 g/mol. The van der Waals surface area contributed by atoms with Gasteiger partial charge in [-0.05, 0) is 36.8 Å². The Morgan fingerprint density at radius 1 is 0.739 bits per heavy atom. The molecule has 2 aliphatic heterocycles. The lowest BCUT2D eigenvalue weighted by Gasteiger charge is -2.23. The molecule has 0 bridgehead atoms. The van der Waals surface area contributed by atoms with Gasteiger partial charge >= 0.3 is 0 Å². The minimum Gasteiger partial charge on any atom is -0.268 e. The Labute approximate surface area is 139 Å². The Balaban J connectivity index is 1.68. The zero-order valence-corrected chi connectivity index (χ0v) is 13.6. The molecule has 2 aliphatic rings. The quantitative estimate of drug-likeness (QED) is 0.602. The van der Waals surface area contributed by atoms with Crippen molar-refractivity contribution >= 4 is 6.34 Å². The zero-order chi connectivity index (χ0) is 15.5. The molecule has 23 heavy (non-hydrogen) atoms. The fourth-order valence-electron chi connectivity index (χ4n) is 4.07. The van der Waals surface area contributed by atoms with Crippen LogP contribution in [-0.4, -0.2) is 28.9 Å². The summed E-state index contributed by atoms with van der Waals surface area (Å²) in [4.78, 5) is 2.62. The van der Waals surface area contributed by atoms with E-state index in [-0.39, 0.29) is 0 Å². The highest BCUT2D eigenvalue weighted by Crippen LogP contribution is 2.42. The predicted molar refractivity (Wildman–Crippen MR) is 94.7 cm³/mol. The van der Waals surface area contributed by atoms with Crippen LogP contribution in [0.5, 0.6) is 0 Å². The van der Waals surface area contributed by atoms with E-state index in [0.717, 1.165) is 0 Å². The van der Waals surface area contributed by atoms with Crippen molar-refractivity contribution in [1.82, 2.24) is 4.90 Å². The molecule has 2 aromatic rings. The molecule has 0 spiro atoms. The van der Waals surface area contributed by atoms with E-state index in [9.17, 15) is 0 Å². The van der Waals surface area contributed by atoms with Crippen LogP contribution in [0.15, 0.2) is 60.7 Å². The average molecular weight is 305 g/mol. The van der Waals surface area contributed by atoms with Gasteiger partial charge in [0.2, 0.25) is 6.34 Å². The number of nitrogens with zero attached hydrogens (tertiary/aromatic N) is 2. The van der Waals surface area contributed by atoms with Gasteiger partial charge in [-0.15, -0.1) is 0 Å². The van der Waals surface area contributed by atoms with E-state index in [4.69, 9.17) is 0 Å². The maximum atomic E-state index is 2.62. The summed E-state index contributed by atoms with van der Waals surface area (Å²) < 4.78 is 2.51. The van der Waals surface area contributed by atoms with E-state index in [1.165, 1.54) is 49.9 Å². The van der Waals surface area contributed by atoms with Gasteiger partial charge in [-0.3, -0.25) is 9.48 Å².